The first-order chi connectivity index (χ1) is 9.04. The minimum absolute atomic E-state index is 0.331. The molecule has 0 unspecified atom stereocenters. The Morgan fingerprint density at radius 3 is 2.89 bits per heavy atom. The van der Waals surface area contributed by atoms with Crippen LogP contribution in [0, 0.1) is 3.57 Å². The summed E-state index contributed by atoms with van der Waals surface area (Å²) >= 11 is 8.10. The van der Waals surface area contributed by atoms with Crippen LogP contribution in [0.15, 0.2) is 24.3 Å². The summed E-state index contributed by atoms with van der Waals surface area (Å²) in [6.07, 6.45) is 0. The predicted molar refractivity (Wildman–Crippen MR) is 82.3 cm³/mol. The van der Waals surface area contributed by atoms with E-state index in [4.69, 9.17) is 16.3 Å². The molecule has 1 heterocycles. The molecule has 2 rings (SSSR count). The lowest BCUT2D eigenvalue weighted by Crippen LogP contribution is -2.07. The number of esters is 1. The van der Waals surface area contributed by atoms with Crippen LogP contribution in [0.3, 0.4) is 0 Å². The number of halogens is 2. The Morgan fingerprint density at radius 1 is 1.53 bits per heavy atom. The van der Waals surface area contributed by atoms with Gasteiger partial charge in [-0.3, -0.25) is 4.68 Å². The first kappa shape index (κ1) is 14.3. The number of rotatable bonds is 3. The molecule has 0 bridgehead atoms. The van der Waals surface area contributed by atoms with Gasteiger partial charge in [-0.1, -0.05) is 23.7 Å². The fourth-order valence-corrected chi connectivity index (χ4v) is 2.96. The molecule has 0 saturated heterocycles. The van der Waals surface area contributed by atoms with Crippen LogP contribution >= 0.6 is 34.2 Å². The van der Waals surface area contributed by atoms with Crippen LogP contribution in [-0.2, 0) is 11.8 Å². The van der Waals surface area contributed by atoms with Crippen molar-refractivity contribution in [2.75, 3.05) is 6.61 Å². The molecule has 0 aliphatic carbocycles. The Balaban J connectivity index is 2.51. The van der Waals surface area contributed by atoms with E-state index in [0.29, 0.717) is 17.3 Å². The van der Waals surface area contributed by atoms with Gasteiger partial charge in [0.05, 0.1) is 15.9 Å². The number of ether oxygens (including phenoxy) is 1. The van der Waals surface area contributed by atoms with Crippen LogP contribution in [-0.4, -0.2) is 22.4 Å². The molecular formula is C13H12ClIN2O2. The van der Waals surface area contributed by atoms with Gasteiger partial charge < -0.3 is 4.74 Å². The van der Waals surface area contributed by atoms with Crippen molar-refractivity contribution < 1.29 is 9.53 Å². The first-order valence-electron chi connectivity index (χ1n) is 5.70. The summed E-state index contributed by atoms with van der Waals surface area (Å²) in [5.74, 6) is -0.407. The van der Waals surface area contributed by atoms with Crippen molar-refractivity contribution in [2.24, 2.45) is 7.05 Å². The molecule has 100 valence electrons. The highest BCUT2D eigenvalue weighted by molar-refractivity contribution is 14.1. The number of hydrogen-bond donors (Lipinski definition) is 0. The average molecular weight is 391 g/mol. The molecule has 4 nitrogen and oxygen atoms in total. The van der Waals surface area contributed by atoms with Gasteiger partial charge in [-0.15, -0.1) is 0 Å². The van der Waals surface area contributed by atoms with E-state index in [0.717, 1.165) is 14.8 Å². The Morgan fingerprint density at radius 2 is 2.26 bits per heavy atom. The van der Waals surface area contributed by atoms with Crippen molar-refractivity contribution in [3.8, 4) is 11.3 Å². The molecule has 0 radical (unpaired) electrons. The van der Waals surface area contributed by atoms with E-state index in [1.165, 1.54) is 0 Å². The third-order valence-corrected chi connectivity index (χ3v) is 3.81. The molecule has 0 aliphatic rings. The molecule has 1 aromatic carbocycles. The van der Waals surface area contributed by atoms with E-state index in [1.54, 1.807) is 24.7 Å². The fraction of sp³-hybridized carbons (Fsp3) is 0.231. The molecule has 0 N–H and O–H groups in total. The lowest BCUT2D eigenvalue weighted by atomic mass is 10.1. The largest absolute Gasteiger partial charge is 0.461 e. The number of hydrogen-bond acceptors (Lipinski definition) is 3. The van der Waals surface area contributed by atoms with Crippen LogP contribution in [0.4, 0.5) is 0 Å². The number of aryl methyl sites for hydroxylation is 1. The molecular weight excluding hydrogens is 379 g/mol. The van der Waals surface area contributed by atoms with Crippen molar-refractivity contribution in [1.82, 2.24) is 9.78 Å². The fourth-order valence-electron chi connectivity index (χ4n) is 1.78. The third kappa shape index (κ3) is 2.92. The van der Waals surface area contributed by atoms with Gasteiger partial charge in [0, 0.05) is 17.6 Å². The molecule has 0 fully saturated rings. The topological polar surface area (TPSA) is 44.1 Å². The highest BCUT2D eigenvalue weighted by Gasteiger charge is 2.21. The van der Waals surface area contributed by atoms with Gasteiger partial charge in [0.15, 0.2) is 5.69 Å². The summed E-state index contributed by atoms with van der Waals surface area (Å²) in [5.41, 5.74) is 2.11. The van der Waals surface area contributed by atoms with E-state index >= 15 is 0 Å². The van der Waals surface area contributed by atoms with Gasteiger partial charge in [0.1, 0.15) is 0 Å². The predicted octanol–water partition coefficient (Wildman–Crippen LogP) is 3.52. The van der Waals surface area contributed by atoms with Crippen LogP contribution in [0.1, 0.15) is 17.4 Å². The van der Waals surface area contributed by atoms with Crippen LogP contribution < -0.4 is 0 Å². The number of benzene rings is 1. The molecule has 1 aromatic heterocycles. The minimum atomic E-state index is -0.407. The second kappa shape index (κ2) is 5.92. The quantitative estimate of drug-likeness (QED) is 0.595. The summed E-state index contributed by atoms with van der Waals surface area (Å²) < 4.78 is 7.42. The Labute approximate surface area is 129 Å². The van der Waals surface area contributed by atoms with Gasteiger partial charge in [0.25, 0.3) is 0 Å². The van der Waals surface area contributed by atoms with Gasteiger partial charge in [0.2, 0.25) is 0 Å². The Hall–Kier alpha value is -1.08. The maximum atomic E-state index is 11.8. The normalized spacial score (nSPS) is 10.5. The number of nitrogens with zero attached hydrogens (tertiary/aromatic N) is 2. The van der Waals surface area contributed by atoms with E-state index in [-0.39, 0.29) is 0 Å². The van der Waals surface area contributed by atoms with Gasteiger partial charge >= 0.3 is 5.97 Å². The number of aromatic nitrogens is 2. The Kier molecular flexibility index (Phi) is 4.46. The van der Waals surface area contributed by atoms with Crippen molar-refractivity contribution in [3.05, 3.63) is 38.6 Å². The molecule has 0 saturated carbocycles. The molecule has 0 atom stereocenters. The van der Waals surface area contributed by atoms with Gasteiger partial charge in [-0.05, 0) is 41.6 Å². The molecule has 0 aliphatic heterocycles. The standard InChI is InChI=1S/C13H12ClIN2O2/c1-3-19-13(18)11-10(15)12(17(2)16-11)8-5-4-6-9(14)7-8/h4-7H,3H2,1-2H3. The molecule has 0 spiro atoms. The second-order valence-corrected chi connectivity index (χ2v) is 5.38. The summed E-state index contributed by atoms with van der Waals surface area (Å²) in [7, 11) is 1.79. The second-order valence-electron chi connectivity index (χ2n) is 3.87. The molecule has 2 aromatic rings. The highest BCUT2D eigenvalue weighted by Crippen LogP contribution is 2.29. The van der Waals surface area contributed by atoms with Crippen molar-refractivity contribution in [3.63, 3.8) is 0 Å². The average Bonchev–Trinajstić information content (AvgIpc) is 2.65. The SMILES string of the molecule is CCOC(=O)c1nn(C)c(-c2cccc(Cl)c2)c1I. The zero-order valence-electron chi connectivity index (χ0n) is 10.5. The first-order valence-corrected chi connectivity index (χ1v) is 7.15. The molecule has 6 heteroatoms. The maximum absolute atomic E-state index is 11.8. The van der Waals surface area contributed by atoms with Crippen LogP contribution in [0.25, 0.3) is 11.3 Å². The van der Waals surface area contributed by atoms with Crippen molar-refractivity contribution in [1.29, 1.82) is 0 Å². The molecule has 19 heavy (non-hydrogen) atoms. The van der Waals surface area contributed by atoms with Crippen molar-refractivity contribution >= 4 is 40.2 Å². The van der Waals surface area contributed by atoms with E-state index in [1.807, 2.05) is 18.2 Å². The minimum Gasteiger partial charge on any atom is -0.461 e. The summed E-state index contributed by atoms with van der Waals surface area (Å²) in [4.78, 5) is 11.8. The van der Waals surface area contributed by atoms with E-state index < -0.39 is 5.97 Å². The van der Waals surface area contributed by atoms with E-state index in [2.05, 4.69) is 27.7 Å². The van der Waals surface area contributed by atoms with Crippen LogP contribution in [0.5, 0.6) is 0 Å². The zero-order valence-corrected chi connectivity index (χ0v) is 13.4. The summed E-state index contributed by atoms with van der Waals surface area (Å²) in [5, 5.41) is 4.87. The lowest BCUT2D eigenvalue weighted by Gasteiger charge is -2.03. The van der Waals surface area contributed by atoms with Gasteiger partial charge in [-0.25, -0.2) is 4.79 Å². The zero-order chi connectivity index (χ0) is 14.0. The number of carbonyl (C=O) groups excluding carboxylic acids is 1. The summed E-state index contributed by atoms with van der Waals surface area (Å²) in [6, 6.07) is 7.45. The highest BCUT2D eigenvalue weighted by atomic mass is 127. The van der Waals surface area contributed by atoms with Crippen LogP contribution in [0.2, 0.25) is 5.02 Å². The molecule has 0 amide bonds. The Bertz CT molecular complexity index is 625. The van der Waals surface area contributed by atoms with Gasteiger partial charge in [-0.2, -0.15) is 5.10 Å². The summed E-state index contributed by atoms with van der Waals surface area (Å²) in [6.45, 7) is 2.10. The van der Waals surface area contributed by atoms with Crippen molar-refractivity contribution in [2.45, 2.75) is 6.92 Å². The monoisotopic (exact) mass is 390 g/mol. The third-order valence-electron chi connectivity index (χ3n) is 2.56. The maximum Gasteiger partial charge on any atom is 0.359 e. The number of carbonyl (C=O) groups is 1. The lowest BCUT2D eigenvalue weighted by molar-refractivity contribution is 0.0517. The van der Waals surface area contributed by atoms with E-state index in [9.17, 15) is 4.79 Å². The smallest absolute Gasteiger partial charge is 0.359 e.